The van der Waals surface area contributed by atoms with Crippen LogP contribution in [0.3, 0.4) is 0 Å². The Balaban J connectivity index is 1.41. The summed E-state index contributed by atoms with van der Waals surface area (Å²) in [6.45, 7) is 1.97. The number of benzene rings is 7. The largest absolute Gasteiger partial charge is 0.508 e. The van der Waals surface area contributed by atoms with Crippen molar-refractivity contribution in [1.29, 1.82) is 0 Å². The maximum absolute atomic E-state index is 10.2. The lowest BCUT2D eigenvalue weighted by atomic mass is 9.86. The van der Waals surface area contributed by atoms with Crippen LogP contribution in [0.2, 0.25) is 0 Å². The van der Waals surface area contributed by atoms with Gasteiger partial charge in [0, 0.05) is 0 Å². The van der Waals surface area contributed by atoms with Crippen molar-refractivity contribution in [3.05, 3.63) is 150 Å². The molecule has 41 heavy (non-hydrogen) atoms. The molecule has 0 bridgehead atoms. The average Bonchev–Trinajstić information content (AvgIpc) is 3.41. The second-order valence-electron chi connectivity index (χ2n) is 11.2. The fourth-order valence-corrected chi connectivity index (χ4v) is 6.64. The van der Waals surface area contributed by atoms with E-state index in [1.807, 2.05) is 19.1 Å². The van der Waals surface area contributed by atoms with Crippen LogP contribution in [0.25, 0.3) is 66.1 Å². The van der Waals surface area contributed by atoms with E-state index in [2.05, 4.69) is 121 Å². The maximum atomic E-state index is 10.2. The molecular formula is C40H28O. The van der Waals surface area contributed by atoms with Gasteiger partial charge in [-0.05, 0) is 120 Å². The van der Waals surface area contributed by atoms with Crippen LogP contribution in [-0.4, -0.2) is 5.11 Å². The van der Waals surface area contributed by atoms with E-state index in [0.717, 1.165) is 17.5 Å². The van der Waals surface area contributed by atoms with Crippen molar-refractivity contribution in [3.63, 3.8) is 0 Å². The molecule has 0 unspecified atom stereocenters. The summed E-state index contributed by atoms with van der Waals surface area (Å²) in [6.07, 6.45) is 0.878. The Labute approximate surface area is 240 Å². The van der Waals surface area contributed by atoms with Gasteiger partial charge in [0.05, 0.1) is 0 Å². The van der Waals surface area contributed by atoms with Crippen molar-refractivity contribution < 1.29 is 5.11 Å². The van der Waals surface area contributed by atoms with E-state index in [4.69, 9.17) is 0 Å². The Hall–Kier alpha value is -5.14. The average molecular weight is 525 g/mol. The smallest absolute Gasteiger partial charge is 0.118 e. The van der Waals surface area contributed by atoms with Crippen molar-refractivity contribution in [3.8, 4) is 50.3 Å². The molecule has 0 aliphatic heterocycles. The monoisotopic (exact) mass is 524 g/mol. The van der Waals surface area contributed by atoms with Crippen LogP contribution in [0.5, 0.6) is 5.75 Å². The molecule has 0 amide bonds. The molecule has 0 spiro atoms. The quantitative estimate of drug-likeness (QED) is 0.244. The second-order valence-corrected chi connectivity index (χ2v) is 11.2. The standard InChI is InChI=1S/C40H28O/c1-25-21-30(17-20-38(25)41)34-18-19-36(32-16-14-27-8-3-5-10-29(27)23-32)40-37(34)24-33-11-6-12-35(39(33)40)31-15-13-26-7-2-4-9-28(26)22-31/h2-23,41H,24H2,1H3. The van der Waals surface area contributed by atoms with Gasteiger partial charge in [0.15, 0.2) is 0 Å². The summed E-state index contributed by atoms with van der Waals surface area (Å²) in [7, 11) is 0. The Bertz CT molecular complexity index is 2150. The highest BCUT2D eigenvalue weighted by Gasteiger charge is 2.28. The molecule has 0 saturated carbocycles. The van der Waals surface area contributed by atoms with Gasteiger partial charge < -0.3 is 5.11 Å². The summed E-state index contributed by atoms with van der Waals surface area (Å²) in [5.74, 6) is 0.333. The molecule has 0 radical (unpaired) electrons. The number of hydrogen-bond acceptors (Lipinski definition) is 1. The normalized spacial score (nSPS) is 12.0. The van der Waals surface area contributed by atoms with E-state index in [1.54, 1.807) is 0 Å². The first kappa shape index (κ1) is 23.7. The predicted molar refractivity (Wildman–Crippen MR) is 172 cm³/mol. The number of hydrogen-bond donors (Lipinski definition) is 1. The third-order valence-corrected chi connectivity index (χ3v) is 8.71. The number of phenolic OH excluding ortho intramolecular Hbond substituents is 1. The third kappa shape index (κ3) is 3.85. The van der Waals surface area contributed by atoms with E-state index in [0.29, 0.717) is 5.75 Å². The van der Waals surface area contributed by atoms with E-state index >= 15 is 0 Å². The maximum Gasteiger partial charge on any atom is 0.118 e. The molecular weight excluding hydrogens is 496 g/mol. The number of fused-ring (bicyclic) bond motifs is 5. The molecule has 1 aliphatic carbocycles. The molecule has 8 rings (SSSR count). The zero-order valence-corrected chi connectivity index (χ0v) is 22.9. The van der Waals surface area contributed by atoms with Crippen LogP contribution >= 0.6 is 0 Å². The van der Waals surface area contributed by atoms with Crippen LogP contribution < -0.4 is 0 Å². The van der Waals surface area contributed by atoms with Crippen LogP contribution in [0.4, 0.5) is 0 Å². The number of phenols is 1. The molecule has 7 aromatic carbocycles. The van der Waals surface area contributed by atoms with E-state index in [-0.39, 0.29) is 0 Å². The fraction of sp³-hybridized carbons (Fsp3) is 0.0500. The van der Waals surface area contributed by atoms with Crippen LogP contribution in [0.15, 0.2) is 133 Å². The first-order valence-electron chi connectivity index (χ1n) is 14.2. The lowest BCUT2D eigenvalue weighted by Gasteiger charge is -2.18. The predicted octanol–water partition coefficient (Wildman–Crippen LogP) is 10.6. The lowest BCUT2D eigenvalue weighted by molar-refractivity contribution is 0.471. The van der Waals surface area contributed by atoms with Crippen LogP contribution in [0, 0.1) is 6.92 Å². The second kappa shape index (κ2) is 9.21. The summed E-state index contributed by atoms with van der Waals surface area (Å²) >= 11 is 0. The fourth-order valence-electron chi connectivity index (χ4n) is 6.64. The number of rotatable bonds is 3. The number of aromatic hydroxyl groups is 1. The minimum absolute atomic E-state index is 0.333. The van der Waals surface area contributed by atoms with Gasteiger partial charge in [-0.15, -0.1) is 0 Å². The summed E-state index contributed by atoms with van der Waals surface area (Å²) in [5, 5.41) is 15.3. The molecule has 1 nitrogen and oxygen atoms in total. The molecule has 0 saturated heterocycles. The molecule has 0 fully saturated rings. The van der Waals surface area contributed by atoms with Crippen molar-refractivity contribution in [2.24, 2.45) is 0 Å². The molecule has 194 valence electrons. The van der Waals surface area contributed by atoms with Gasteiger partial charge in [-0.3, -0.25) is 0 Å². The zero-order valence-electron chi connectivity index (χ0n) is 22.9. The third-order valence-electron chi connectivity index (χ3n) is 8.71. The van der Waals surface area contributed by atoms with Gasteiger partial charge in [-0.2, -0.15) is 0 Å². The van der Waals surface area contributed by atoms with Crippen molar-refractivity contribution in [1.82, 2.24) is 0 Å². The highest BCUT2D eigenvalue weighted by Crippen LogP contribution is 2.51. The van der Waals surface area contributed by atoms with Crippen molar-refractivity contribution >= 4 is 21.5 Å². The number of aryl methyl sites for hydroxylation is 1. The van der Waals surface area contributed by atoms with Crippen LogP contribution in [0.1, 0.15) is 16.7 Å². The van der Waals surface area contributed by atoms with Crippen molar-refractivity contribution in [2.75, 3.05) is 0 Å². The molecule has 0 heterocycles. The first-order valence-corrected chi connectivity index (χ1v) is 14.2. The summed E-state index contributed by atoms with van der Waals surface area (Å²) < 4.78 is 0. The van der Waals surface area contributed by atoms with Gasteiger partial charge in [0.2, 0.25) is 0 Å². The van der Waals surface area contributed by atoms with Crippen LogP contribution in [-0.2, 0) is 6.42 Å². The molecule has 7 aromatic rings. The van der Waals surface area contributed by atoms with E-state index < -0.39 is 0 Å². The minimum atomic E-state index is 0.333. The van der Waals surface area contributed by atoms with E-state index in [1.165, 1.54) is 71.6 Å². The Morgan fingerprint density at radius 1 is 0.463 bits per heavy atom. The Morgan fingerprint density at radius 3 is 1.68 bits per heavy atom. The molecule has 0 aromatic heterocycles. The molecule has 1 N–H and O–H groups in total. The molecule has 0 atom stereocenters. The summed E-state index contributed by atoms with van der Waals surface area (Å²) in [5.41, 5.74) is 13.6. The summed E-state index contributed by atoms with van der Waals surface area (Å²) in [4.78, 5) is 0. The lowest BCUT2D eigenvalue weighted by Crippen LogP contribution is -1.93. The molecule has 1 aliphatic rings. The highest BCUT2D eigenvalue weighted by molar-refractivity contribution is 6.03. The Morgan fingerprint density at radius 2 is 1.02 bits per heavy atom. The summed E-state index contributed by atoms with van der Waals surface area (Å²) in [6, 6.07) is 48.1. The van der Waals surface area contributed by atoms with Gasteiger partial charge in [0.25, 0.3) is 0 Å². The molecule has 1 heteroatoms. The topological polar surface area (TPSA) is 20.2 Å². The highest BCUT2D eigenvalue weighted by atomic mass is 16.3. The van der Waals surface area contributed by atoms with Gasteiger partial charge in [-0.1, -0.05) is 109 Å². The van der Waals surface area contributed by atoms with E-state index in [9.17, 15) is 5.11 Å². The zero-order chi connectivity index (χ0) is 27.5. The first-order chi connectivity index (χ1) is 20.1. The van der Waals surface area contributed by atoms with Gasteiger partial charge in [0.1, 0.15) is 5.75 Å². The Kier molecular flexibility index (Phi) is 5.33. The van der Waals surface area contributed by atoms with Crippen molar-refractivity contribution in [2.45, 2.75) is 13.3 Å². The minimum Gasteiger partial charge on any atom is -0.508 e. The van der Waals surface area contributed by atoms with Gasteiger partial charge >= 0.3 is 0 Å². The van der Waals surface area contributed by atoms with Gasteiger partial charge in [-0.25, -0.2) is 0 Å². The SMILES string of the molecule is Cc1cc(-c2ccc(-c3ccc4ccccc4c3)c3c2Cc2cccc(-c4ccc5ccccc5c4)c2-3)ccc1O.